The van der Waals surface area contributed by atoms with Gasteiger partial charge in [0.25, 0.3) is 5.91 Å². The molecule has 7 nitrogen and oxygen atoms in total. The van der Waals surface area contributed by atoms with E-state index < -0.39 is 0 Å². The van der Waals surface area contributed by atoms with Gasteiger partial charge >= 0.3 is 0 Å². The molecule has 172 valence electrons. The number of amides is 1. The van der Waals surface area contributed by atoms with Crippen LogP contribution in [0, 0.1) is 0 Å². The number of nitrogens with zero attached hydrogens (tertiary/aromatic N) is 4. The summed E-state index contributed by atoms with van der Waals surface area (Å²) < 4.78 is 7.02. The lowest BCUT2D eigenvalue weighted by Crippen LogP contribution is -2.25. The number of carbonyl (C=O) groups excluding carboxylic acids is 1. The molecule has 35 heavy (non-hydrogen) atoms. The van der Waals surface area contributed by atoms with Gasteiger partial charge in [0.2, 0.25) is 5.95 Å². The molecule has 0 atom stereocenters. The van der Waals surface area contributed by atoms with E-state index in [9.17, 15) is 4.79 Å². The van der Waals surface area contributed by atoms with E-state index in [0.29, 0.717) is 24.6 Å². The Labute approximate surface area is 202 Å². The van der Waals surface area contributed by atoms with Gasteiger partial charge in [-0.15, -0.1) is 5.10 Å². The summed E-state index contributed by atoms with van der Waals surface area (Å²) >= 11 is 0. The first-order valence-electron chi connectivity index (χ1n) is 11.4. The Morgan fingerprint density at radius 1 is 0.886 bits per heavy atom. The maximum Gasteiger partial charge on any atom is 0.254 e. The second-order valence-electron chi connectivity index (χ2n) is 8.49. The lowest BCUT2D eigenvalue weighted by molar-refractivity contribution is 0.0751. The number of nitrogens with one attached hydrogen (secondary N) is 1. The second kappa shape index (κ2) is 8.61. The third-order valence-corrected chi connectivity index (χ3v) is 6.28. The molecule has 0 fully saturated rings. The fourth-order valence-corrected chi connectivity index (χ4v) is 4.44. The van der Waals surface area contributed by atoms with E-state index in [2.05, 4.69) is 22.5 Å². The first kappa shape index (κ1) is 20.9. The molecular weight excluding hydrogens is 438 g/mol. The fraction of sp³-hybridized carbons (Fsp3) is 0.107. The van der Waals surface area contributed by atoms with Gasteiger partial charge in [-0.05, 0) is 65.2 Å². The van der Waals surface area contributed by atoms with Crippen LogP contribution in [0.3, 0.4) is 0 Å². The van der Waals surface area contributed by atoms with Crippen LogP contribution in [0.25, 0.3) is 16.8 Å². The number of anilines is 2. The van der Waals surface area contributed by atoms with Crippen molar-refractivity contribution in [3.8, 4) is 16.9 Å². The monoisotopic (exact) mass is 461 g/mol. The molecule has 0 radical (unpaired) electrons. The average molecular weight is 462 g/mol. The summed E-state index contributed by atoms with van der Waals surface area (Å²) in [6.45, 7) is 1.30. The molecule has 6 rings (SSSR count). The van der Waals surface area contributed by atoms with E-state index in [-0.39, 0.29) is 5.91 Å². The minimum Gasteiger partial charge on any atom is -0.497 e. The zero-order chi connectivity index (χ0) is 23.8. The number of pyridine rings is 1. The van der Waals surface area contributed by atoms with Crippen molar-refractivity contribution in [1.82, 2.24) is 19.5 Å². The number of ether oxygens (including phenoxy) is 1. The van der Waals surface area contributed by atoms with Crippen LogP contribution < -0.4 is 10.1 Å². The number of hydrogen-bond acceptors (Lipinski definition) is 5. The Kier molecular flexibility index (Phi) is 5.15. The third kappa shape index (κ3) is 3.97. The molecule has 3 heterocycles. The quantitative estimate of drug-likeness (QED) is 0.384. The van der Waals surface area contributed by atoms with Crippen LogP contribution in [0.2, 0.25) is 0 Å². The largest absolute Gasteiger partial charge is 0.497 e. The summed E-state index contributed by atoms with van der Waals surface area (Å²) in [6.07, 6.45) is 1.87. The summed E-state index contributed by atoms with van der Waals surface area (Å²) in [5.74, 6) is 1.32. The summed E-state index contributed by atoms with van der Waals surface area (Å²) in [5.41, 5.74) is 6.66. The van der Waals surface area contributed by atoms with Crippen LogP contribution in [0.5, 0.6) is 5.75 Å². The van der Waals surface area contributed by atoms with Gasteiger partial charge in [0.05, 0.1) is 7.11 Å². The minimum absolute atomic E-state index is 0.0303. The van der Waals surface area contributed by atoms with Gasteiger partial charge in [-0.2, -0.15) is 4.98 Å². The molecule has 0 saturated carbocycles. The highest BCUT2D eigenvalue weighted by atomic mass is 16.5. The molecule has 0 aliphatic carbocycles. The zero-order valence-electron chi connectivity index (χ0n) is 19.2. The van der Waals surface area contributed by atoms with Gasteiger partial charge in [-0.25, -0.2) is 4.52 Å². The number of carbonyl (C=O) groups is 1. The van der Waals surface area contributed by atoms with Gasteiger partial charge in [-0.1, -0.05) is 36.4 Å². The van der Waals surface area contributed by atoms with Crippen LogP contribution in [0.4, 0.5) is 11.6 Å². The maximum absolute atomic E-state index is 13.0. The Hall–Kier alpha value is -4.65. The second-order valence-corrected chi connectivity index (χ2v) is 8.49. The van der Waals surface area contributed by atoms with Crippen molar-refractivity contribution in [2.24, 2.45) is 0 Å². The summed E-state index contributed by atoms with van der Waals surface area (Å²) in [5, 5.41) is 7.82. The average Bonchev–Trinajstić information content (AvgIpc) is 3.52. The SMILES string of the molecule is COc1ccc(-c2cccn3nc(Nc4ccc(C(=O)N5Cc6ccccc6C5)cc4)nc23)cc1. The molecule has 1 aliphatic heterocycles. The predicted octanol–water partition coefficient (Wildman–Crippen LogP) is 5.30. The van der Waals surface area contributed by atoms with E-state index in [1.807, 2.05) is 83.9 Å². The van der Waals surface area contributed by atoms with E-state index in [1.165, 1.54) is 11.1 Å². The van der Waals surface area contributed by atoms with Crippen molar-refractivity contribution in [3.63, 3.8) is 0 Å². The van der Waals surface area contributed by atoms with Crippen molar-refractivity contribution in [3.05, 3.63) is 108 Å². The Bertz CT molecular complexity index is 1500. The summed E-state index contributed by atoms with van der Waals surface area (Å²) in [4.78, 5) is 19.6. The molecule has 2 aromatic heterocycles. The van der Waals surface area contributed by atoms with Crippen molar-refractivity contribution in [2.75, 3.05) is 12.4 Å². The summed E-state index contributed by atoms with van der Waals surface area (Å²) in [6, 6.07) is 27.5. The Balaban J connectivity index is 1.20. The van der Waals surface area contributed by atoms with E-state index >= 15 is 0 Å². The number of rotatable bonds is 5. The topological polar surface area (TPSA) is 71.8 Å². The molecule has 0 spiro atoms. The highest BCUT2D eigenvalue weighted by molar-refractivity contribution is 5.95. The van der Waals surface area contributed by atoms with Crippen LogP contribution in [0.15, 0.2) is 91.1 Å². The molecule has 3 aromatic carbocycles. The highest BCUT2D eigenvalue weighted by Crippen LogP contribution is 2.27. The van der Waals surface area contributed by atoms with Crippen LogP contribution >= 0.6 is 0 Å². The lowest BCUT2D eigenvalue weighted by atomic mass is 10.1. The van der Waals surface area contributed by atoms with Crippen molar-refractivity contribution >= 4 is 23.2 Å². The number of benzene rings is 3. The molecular formula is C28H23N5O2. The first-order chi connectivity index (χ1) is 17.2. The fourth-order valence-electron chi connectivity index (χ4n) is 4.44. The maximum atomic E-state index is 13.0. The van der Waals surface area contributed by atoms with Crippen molar-refractivity contribution in [2.45, 2.75) is 13.1 Å². The zero-order valence-corrected chi connectivity index (χ0v) is 19.2. The summed E-state index contributed by atoms with van der Waals surface area (Å²) in [7, 11) is 1.65. The van der Waals surface area contributed by atoms with Crippen LogP contribution in [-0.2, 0) is 13.1 Å². The Morgan fingerprint density at radius 2 is 1.60 bits per heavy atom. The number of hydrogen-bond donors (Lipinski definition) is 1. The molecule has 0 bridgehead atoms. The van der Waals surface area contributed by atoms with Crippen molar-refractivity contribution < 1.29 is 9.53 Å². The Morgan fingerprint density at radius 3 is 2.29 bits per heavy atom. The number of methoxy groups -OCH3 is 1. The molecule has 0 unspecified atom stereocenters. The molecule has 1 N–H and O–H groups in total. The molecule has 7 heteroatoms. The van der Waals surface area contributed by atoms with Gasteiger partial charge in [0.1, 0.15) is 5.75 Å². The van der Waals surface area contributed by atoms with E-state index in [0.717, 1.165) is 28.2 Å². The van der Waals surface area contributed by atoms with Gasteiger partial charge in [0.15, 0.2) is 5.65 Å². The number of aromatic nitrogens is 3. The first-order valence-corrected chi connectivity index (χ1v) is 11.4. The van der Waals surface area contributed by atoms with Crippen LogP contribution in [-0.4, -0.2) is 32.5 Å². The minimum atomic E-state index is 0.0303. The van der Waals surface area contributed by atoms with Gasteiger partial charge in [0, 0.05) is 36.1 Å². The smallest absolute Gasteiger partial charge is 0.254 e. The molecule has 0 saturated heterocycles. The number of fused-ring (bicyclic) bond motifs is 2. The van der Waals surface area contributed by atoms with E-state index in [1.54, 1.807) is 11.6 Å². The predicted molar refractivity (Wildman–Crippen MR) is 135 cm³/mol. The normalized spacial score (nSPS) is 12.5. The molecule has 5 aromatic rings. The van der Waals surface area contributed by atoms with Gasteiger partial charge < -0.3 is 15.0 Å². The lowest BCUT2D eigenvalue weighted by Gasteiger charge is -2.15. The van der Waals surface area contributed by atoms with Gasteiger partial charge in [-0.3, -0.25) is 4.79 Å². The molecule has 1 amide bonds. The standard InChI is InChI=1S/C28H23N5O2/c1-35-24-14-10-19(11-15-24)25-7-4-16-33-26(25)30-28(31-33)29-23-12-8-20(9-13-23)27(34)32-17-21-5-2-3-6-22(21)18-32/h2-16H,17-18H2,1H3,(H,29,31). The van der Waals surface area contributed by atoms with Crippen molar-refractivity contribution in [1.29, 1.82) is 0 Å². The molecule has 1 aliphatic rings. The third-order valence-electron chi connectivity index (χ3n) is 6.28. The van der Waals surface area contributed by atoms with Crippen LogP contribution in [0.1, 0.15) is 21.5 Å². The van der Waals surface area contributed by atoms with E-state index in [4.69, 9.17) is 9.72 Å². The highest BCUT2D eigenvalue weighted by Gasteiger charge is 2.23.